The fraction of sp³-hybridized carbons (Fsp3) is 0.562. The zero-order valence-electron chi connectivity index (χ0n) is 12.2. The largest absolute Gasteiger partial charge is 0.463 e. The number of allylic oxidation sites excluding steroid dienone is 5. The SMILES string of the molecule is C=C(C)C(=CCCCC(C)OC(C)=O)CC=CC. The minimum absolute atomic E-state index is 0.0136. The van der Waals surface area contributed by atoms with Gasteiger partial charge in [-0.15, -0.1) is 0 Å². The first kappa shape index (κ1) is 16.7. The second-order valence-corrected chi connectivity index (χ2v) is 4.63. The summed E-state index contributed by atoms with van der Waals surface area (Å²) in [6.07, 6.45) is 10.3. The van der Waals surface area contributed by atoms with Crippen LogP contribution in [0.25, 0.3) is 0 Å². The lowest BCUT2D eigenvalue weighted by Gasteiger charge is -2.10. The third kappa shape index (κ3) is 8.80. The highest BCUT2D eigenvalue weighted by Gasteiger charge is 2.04. The lowest BCUT2D eigenvalue weighted by Crippen LogP contribution is -2.11. The lowest BCUT2D eigenvalue weighted by molar-refractivity contribution is -0.145. The maximum absolute atomic E-state index is 10.7. The summed E-state index contributed by atoms with van der Waals surface area (Å²) in [5.74, 6) is -0.200. The summed E-state index contributed by atoms with van der Waals surface area (Å²) in [5, 5.41) is 0. The van der Waals surface area contributed by atoms with Crippen LogP contribution in [0.5, 0.6) is 0 Å². The van der Waals surface area contributed by atoms with Crippen LogP contribution < -0.4 is 0 Å². The molecule has 0 rings (SSSR count). The summed E-state index contributed by atoms with van der Waals surface area (Å²) in [5.41, 5.74) is 2.43. The Hall–Kier alpha value is -1.31. The number of ether oxygens (including phenoxy) is 1. The van der Waals surface area contributed by atoms with Crippen molar-refractivity contribution in [2.24, 2.45) is 0 Å². The molecular formula is C16H26O2. The molecule has 0 amide bonds. The van der Waals surface area contributed by atoms with E-state index in [2.05, 4.69) is 24.8 Å². The van der Waals surface area contributed by atoms with E-state index in [9.17, 15) is 4.79 Å². The van der Waals surface area contributed by atoms with Gasteiger partial charge in [-0.3, -0.25) is 4.79 Å². The van der Waals surface area contributed by atoms with Crippen molar-refractivity contribution in [2.45, 2.75) is 59.5 Å². The molecule has 0 heterocycles. The first-order valence-corrected chi connectivity index (χ1v) is 6.60. The van der Waals surface area contributed by atoms with Gasteiger partial charge >= 0.3 is 5.97 Å². The third-order valence-electron chi connectivity index (χ3n) is 2.69. The van der Waals surface area contributed by atoms with Crippen molar-refractivity contribution in [3.05, 3.63) is 36.0 Å². The maximum Gasteiger partial charge on any atom is 0.302 e. The van der Waals surface area contributed by atoms with E-state index in [0.29, 0.717) is 0 Å². The topological polar surface area (TPSA) is 26.3 Å². The van der Waals surface area contributed by atoms with E-state index in [1.807, 2.05) is 20.8 Å². The molecule has 0 saturated heterocycles. The van der Waals surface area contributed by atoms with E-state index in [4.69, 9.17) is 4.74 Å². The molecule has 0 aromatic heterocycles. The summed E-state index contributed by atoms with van der Waals surface area (Å²) in [4.78, 5) is 10.7. The summed E-state index contributed by atoms with van der Waals surface area (Å²) < 4.78 is 5.08. The van der Waals surface area contributed by atoms with Gasteiger partial charge in [0, 0.05) is 6.92 Å². The van der Waals surface area contributed by atoms with Gasteiger partial charge in [-0.25, -0.2) is 0 Å². The van der Waals surface area contributed by atoms with Gasteiger partial charge in [0.25, 0.3) is 0 Å². The minimum Gasteiger partial charge on any atom is -0.463 e. The molecule has 0 spiro atoms. The molecule has 2 nitrogen and oxygen atoms in total. The first-order chi connectivity index (χ1) is 8.47. The Kier molecular flexibility index (Phi) is 8.99. The first-order valence-electron chi connectivity index (χ1n) is 6.60. The molecule has 1 atom stereocenters. The van der Waals surface area contributed by atoms with Crippen molar-refractivity contribution in [1.29, 1.82) is 0 Å². The summed E-state index contributed by atoms with van der Waals surface area (Å²) in [7, 11) is 0. The number of rotatable bonds is 8. The zero-order valence-corrected chi connectivity index (χ0v) is 12.2. The molecule has 0 aromatic carbocycles. The van der Waals surface area contributed by atoms with Gasteiger partial charge in [-0.05, 0) is 52.0 Å². The van der Waals surface area contributed by atoms with Gasteiger partial charge in [0.05, 0.1) is 6.10 Å². The van der Waals surface area contributed by atoms with E-state index in [0.717, 1.165) is 31.3 Å². The Morgan fingerprint density at radius 3 is 2.56 bits per heavy atom. The Morgan fingerprint density at radius 2 is 2.06 bits per heavy atom. The average molecular weight is 250 g/mol. The van der Waals surface area contributed by atoms with E-state index >= 15 is 0 Å². The van der Waals surface area contributed by atoms with Gasteiger partial charge in [0.15, 0.2) is 0 Å². The van der Waals surface area contributed by atoms with Crippen LogP contribution in [0.3, 0.4) is 0 Å². The van der Waals surface area contributed by atoms with Crippen molar-refractivity contribution in [3.63, 3.8) is 0 Å². The average Bonchev–Trinajstić information content (AvgIpc) is 2.26. The number of hydrogen-bond acceptors (Lipinski definition) is 2. The second-order valence-electron chi connectivity index (χ2n) is 4.63. The van der Waals surface area contributed by atoms with Crippen molar-refractivity contribution < 1.29 is 9.53 Å². The number of hydrogen-bond donors (Lipinski definition) is 0. The van der Waals surface area contributed by atoms with Crippen molar-refractivity contribution >= 4 is 5.97 Å². The molecule has 2 heteroatoms. The van der Waals surface area contributed by atoms with Gasteiger partial charge in [0.2, 0.25) is 0 Å². The number of unbranched alkanes of at least 4 members (excludes halogenated alkanes) is 1. The lowest BCUT2D eigenvalue weighted by atomic mass is 10.0. The highest BCUT2D eigenvalue weighted by atomic mass is 16.5. The fourth-order valence-electron chi connectivity index (χ4n) is 1.70. The normalized spacial score (nSPS) is 13.7. The number of carbonyl (C=O) groups excluding carboxylic acids is 1. The highest BCUT2D eigenvalue weighted by molar-refractivity contribution is 5.66. The van der Waals surface area contributed by atoms with Crippen LogP contribution in [-0.2, 0) is 9.53 Å². The van der Waals surface area contributed by atoms with E-state index in [1.165, 1.54) is 12.5 Å². The number of esters is 1. The van der Waals surface area contributed by atoms with E-state index < -0.39 is 0 Å². The fourth-order valence-corrected chi connectivity index (χ4v) is 1.70. The molecule has 0 aliphatic carbocycles. The summed E-state index contributed by atoms with van der Waals surface area (Å²) >= 11 is 0. The Bertz CT molecular complexity index is 324. The molecule has 0 radical (unpaired) electrons. The van der Waals surface area contributed by atoms with Crippen LogP contribution in [0, 0.1) is 0 Å². The van der Waals surface area contributed by atoms with Gasteiger partial charge in [-0.2, -0.15) is 0 Å². The van der Waals surface area contributed by atoms with Crippen LogP contribution in [0.4, 0.5) is 0 Å². The standard InChI is InChI=1S/C16H26O2/c1-6-7-11-16(13(2)3)12-9-8-10-14(4)18-15(5)17/h6-7,12,14H,2,8-11H2,1,3-5H3. The van der Waals surface area contributed by atoms with Crippen LogP contribution >= 0.6 is 0 Å². The zero-order chi connectivity index (χ0) is 14.0. The molecule has 18 heavy (non-hydrogen) atoms. The maximum atomic E-state index is 10.7. The molecular weight excluding hydrogens is 224 g/mol. The van der Waals surface area contributed by atoms with Gasteiger partial charge in [-0.1, -0.05) is 30.4 Å². The molecule has 102 valence electrons. The van der Waals surface area contributed by atoms with E-state index in [-0.39, 0.29) is 12.1 Å². The minimum atomic E-state index is -0.200. The molecule has 0 bridgehead atoms. The molecule has 0 fully saturated rings. The molecule has 1 unspecified atom stereocenters. The Morgan fingerprint density at radius 1 is 1.39 bits per heavy atom. The van der Waals surface area contributed by atoms with Crippen molar-refractivity contribution in [3.8, 4) is 0 Å². The van der Waals surface area contributed by atoms with Crippen LogP contribution in [0.2, 0.25) is 0 Å². The van der Waals surface area contributed by atoms with Crippen LogP contribution in [-0.4, -0.2) is 12.1 Å². The number of carbonyl (C=O) groups is 1. The molecule has 0 N–H and O–H groups in total. The summed E-state index contributed by atoms with van der Waals surface area (Å²) in [6.45, 7) is 11.4. The van der Waals surface area contributed by atoms with Crippen LogP contribution in [0.15, 0.2) is 36.0 Å². The molecule has 0 aromatic rings. The van der Waals surface area contributed by atoms with E-state index in [1.54, 1.807) is 0 Å². The molecule has 0 saturated carbocycles. The smallest absolute Gasteiger partial charge is 0.302 e. The predicted molar refractivity (Wildman–Crippen MR) is 77.4 cm³/mol. The van der Waals surface area contributed by atoms with Gasteiger partial charge in [0.1, 0.15) is 0 Å². The predicted octanol–water partition coefficient (Wildman–Crippen LogP) is 4.58. The van der Waals surface area contributed by atoms with Crippen molar-refractivity contribution in [1.82, 2.24) is 0 Å². The monoisotopic (exact) mass is 250 g/mol. The van der Waals surface area contributed by atoms with Crippen LogP contribution in [0.1, 0.15) is 53.4 Å². The second kappa shape index (κ2) is 9.69. The third-order valence-corrected chi connectivity index (χ3v) is 2.69. The van der Waals surface area contributed by atoms with Crippen molar-refractivity contribution in [2.75, 3.05) is 0 Å². The Balaban J connectivity index is 4.03. The highest BCUT2D eigenvalue weighted by Crippen LogP contribution is 2.15. The molecule has 0 aliphatic rings. The van der Waals surface area contributed by atoms with Gasteiger partial charge < -0.3 is 4.74 Å². The molecule has 0 aliphatic heterocycles. The quantitative estimate of drug-likeness (QED) is 0.273. The summed E-state index contributed by atoms with van der Waals surface area (Å²) in [6, 6.07) is 0. The Labute approximate surface area is 111 Å².